The molecule has 6 heteroatoms. The molecule has 0 saturated carbocycles. The summed E-state index contributed by atoms with van der Waals surface area (Å²) in [5.41, 5.74) is 7.32. The van der Waals surface area contributed by atoms with Gasteiger partial charge in [0.1, 0.15) is 0 Å². The molecule has 0 aromatic heterocycles. The van der Waals surface area contributed by atoms with Crippen LogP contribution in [0.2, 0.25) is 10.0 Å². The van der Waals surface area contributed by atoms with Crippen molar-refractivity contribution in [2.75, 3.05) is 37.8 Å². The van der Waals surface area contributed by atoms with Crippen molar-refractivity contribution in [1.82, 2.24) is 0 Å². The first kappa shape index (κ1) is 13.9. The van der Waals surface area contributed by atoms with Gasteiger partial charge >= 0.3 is 0 Å². The van der Waals surface area contributed by atoms with E-state index >= 15 is 0 Å². The Hall–Kier alpha value is -0.520. The van der Waals surface area contributed by atoms with Crippen molar-refractivity contribution in [2.24, 2.45) is 5.73 Å². The highest BCUT2D eigenvalue weighted by Gasteiger charge is 2.18. The molecule has 1 heterocycles. The third-order valence-corrected chi connectivity index (χ3v) is 3.64. The van der Waals surface area contributed by atoms with Crippen molar-refractivity contribution in [3.05, 3.63) is 27.7 Å². The van der Waals surface area contributed by atoms with E-state index in [9.17, 15) is 0 Å². The number of nitrogens with zero attached hydrogens (tertiary/aromatic N) is 1. The zero-order chi connectivity index (χ0) is 13.1. The number of ether oxygens (including phenoxy) is 1. The molecule has 0 radical (unpaired) electrons. The van der Waals surface area contributed by atoms with Gasteiger partial charge < -0.3 is 20.5 Å². The van der Waals surface area contributed by atoms with Gasteiger partial charge in [-0.2, -0.15) is 0 Å². The van der Waals surface area contributed by atoms with Crippen molar-refractivity contribution in [2.45, 2.75) is 6.04 Å². The second kappa shape index (κ2) is 6.08. The number of aliphatic hydroxyl groups is 1. The Balaban J connectivity index is 2.30. The van der Waals surface area contributed by atoms with Crippen LogP contribution in [0.4, 0.5) is 5.69 Å². The quantitative estimate of drug-likeness (QED) is 0.892. The predicted octanol–water partition coefficient (Wildman–Crippen LogP) is 1.82. The minimum atomic E-state index is -0.506. The van der Waals surface area contributed by atoms with Gasteiger partial charge in [-0.15, -0.1) is 0 Å². The van der Waals surface area contributed by atoms with E-state index in [0.29, 0.717) is 28.8 Å². The molecule has 1 fully saturated rings. The van der Waals surface area contributed by atoms with E-state index in [4.69, 9.17) is 38.8 Å². The largest absolute Gasteiger partial charge is 0.394 e. The second-order valence-corrected chi connectivity index (χ2v) is 5.03. The van der Waals surface area contributed by atoms with Crippen LogP contribution in [-0.4, -0.2) is 38.0 Å². The lowest BCUT2D eigenvalue weighted by Gasteiger charge is -2.30. The third-order valence-electron chi connectivity index (χ3n) is 3.01. The highest BCUT2D eigenvalue weighted by Crippen LogP contribution is 2.34. The number of hydrogen-bond donors (Lipinski definition) is 2. The van der Waals surface area contributed by atoms with E-state index < -0.39 is 6.04 Å². The zero-order valence-electron chi connectivity index (χ0n) is 9.90. The summed E-state index contributed by atoms with van der Waals surface area (Å²) in [5.74, 6) is 0. The standard InChI is InChI=1S/C12H16Cl2N2O2/c13-9-6-12(16-1-3-18-4-2-16)10(14)5-8(9)11(15)7-17/h5-6,11,17H,1-4,7,15H2/t11-/m0/s1. The molecule has 1 aliphatic rings. The molecule has 1 aliphatic heterocycles. The molecule has 100 valence electrons. The van der Waals surface area contributed by atoms with Crippen LogP contribution in [0, 0.1) is 0 Å². The lowest BCUT2D eigenvalue weighted by molar-refractivity contribution is 0.122. The topological polar surface area (TPSA) is 58.7 Å². The Bertz CT molecular complexity index is 423. The lowest BCUT2D eigenvalue weighted by Crippen LogP contribution is -2.36. The van der Waals surface area contributed by atoms with E-state index in [2.05, 4.69) is 4.90 Å². The number of anilines is 1. The van der Waals surface area contributed by atoms with Gasteiger partial charge in [-0.05, 0) is 17.7 Å². The molecule has 0 bridgehead atoms. The maximum absolute atomic E-state index is 9.07. The van der Waals surface area contributed by atoms with Crippen molar-refractivity contribution in [3.63, 3.8) is 0 Å². The van der Waals surface area contributed by atoms with E-state index in [0.717, 1.165) is 18.8 Å². The number of rotatable bonds is 3. The molecule has 1 aromatic rings. The van der Waals surface area contributed by atoms with Gasteiger partial charge in [0.2, 0.25) is 0 Å². The Morgan fingerprint density at radius 1 is 1.28 bits per heavy atom. The van der Waals surface area contributed by atoms with Crippen molar-refractivity contribution < 1.29 is 9.84 Å². The number of hydrogen-bond acceptors (Lipinski definition) is 4. The molecule has 1 saturated heterocycles. The highest BCUT2D eigenvalue weighted by molar-refractivity contribution is 6.35. The highest BCUT2D eigenvalue weighted by atomic mass is 35.5. The number of aliphatic hydroxyl groups excluding tert-OH is 1. The molecular weight excluding hydrogens is 275 g/mol. The summed E-state index contributed by atoms with van der Waals surface area (Å²) in [4.78, 5) is 2.13. The number of nitrogens with two attached hydrogens (primary N) is 1. The smallest absolute Gasteiger partial charge is 0.0644 e. The van der Waals surface area contributed by atoms with Gasteiger partial charge in [-0.3, -0.25) is 0 Å². The average Bonchev–Trinajstić information content (AvgIpc) is 2.41. The van der Waals surface area contributed by atoms with Crippen LogP contribution in [0.25, 0.3) is 0 Å². The summed E-state index contributed by atoms with van der Waals surface area (Å²) in [5, 5.41) is 10.2. The molecule has 0 spiro atoms. The van der Waals surface area contributed by atoms with Gasteiger partial charge in [0.15, 0.2) is 0 Å². The van der Waals surface area contributed by atoms with Gasteiger partial charge in [-0.25, -0.2) is 0 Å². The average molecular weight is 291 g/mol. The zero-order valence-corrected chi connectivity index (χ0v) is 11.4. The predicted molar refractivity (Wildman–Crippen MR) is 73.5 cm³/mol. The van der Waals surface area contributed by atoms with Gasteiger partial charge in [-0.1, -0.05) is 23.2 Å². The summed E-state index contributed by atoms with van der Waals surface area (Å²) < 4.78 is 5.30. The summed E-state index contributed by atoms with van der Waals surface area (Å²) >= 11 is 12.4. The fourth-order valence-corrected chi connectivity index (χ4v) is 2.57. The van der Waals surface area contributed by atoms with Crippen LogP contribution in [0.1, 0.15) is 11.6 Å². The van der Waals surface area contributed by atoms with E-state index in [1.54, 1.807) is 12.1 Å². The molecule has 0 aliphatic carbocycles. The Labute approximate surface area is 116 Å². The molecule has 4 nitrogen and oxygen atoms in total. The number of morpholine rings is 1. The maximum Gasteiger partial charge on any atom is 0.0644 e. The Kier molecular flexibility index (Phi) is 4.70. The van der Waals surface area contributed by atoms with E-state index in [1.807, 2.05) is 0 Å². The molecular formula is C12H16Cl2N2O2. The minimum Gasteiger partial charge on any atom is -0.394 e. The Morgan fingerprint density at radius 3 is 2.56 bits per heavy atom. The molecule has 18 heavy (non-hydrogen) atoms. The van der Waals surface area contributed by atoms with Crippen LogP contribution in [0.3, 0.4) is 0 Å². The molecule has 0 amide bonds. The van der Waals surface area contributed by atoms with Gasteiger partial charge in [0.25, 0.3) is 0 Å². The van der Waals surface area contributed by atoms with Crippen LogP contribution < -0.4 is 10.6 Å². The first-order valence-corrected chi connectivity index (χ1v) is 6.57. The fourth-order valence-electron chi connectivity index (χ4n) is 1.98. The fraction of sp³-hybridized carbons (Fsp3) is 0.500. The van der Waals surface area contributed by atoms with Gasteiger partial charge in [0.05, 0.1) is 36.6 Å². The monoisotopic (exact) mass is 290 g/mol. The van der Waals surface area contributed by atoms with Gasteiger partial charge in [0, 0.05) is 18.1 Å². The van der Waals surface area contributed by atoms with Crippen LogP contribution in [0.5, 0.6) is 0 Å². The number of benzene rings is 1. The number of halogens is 2. The van der Waals surface area contributed by atoms with E-state index in [1.165, 1.54) is 0 Å². The Morgan fingerprint density at radius 2 is 1.94 bits per heavy atom. The van der Waals surface area contributed by atoms with Crippen molar-refractivity contribution in [1.29, 1.82) is 0 Å². The molecule has 3 N–H and O–H groups in total. The molecule has 0 unspecified atom stereocenters. The van der Waals surface area contributed by atoms with Crippen LogP contribution in [0.15, 0.2) is 12.1 Å². The summed E-state index contributed by atoms with van der Waals surface area (Å²) in [6.45, 7) is 2.80. The molecule has 2 rings (SSSR count). The maximum atomic E-state index is 9.07. The van der Waals surface area contributed by atoms with Crippen molar-refractivity contribution in [3.8, 4) is 0 Å². The van der Waals surface area contributed by atoms with Crippen LogP contribution >= 0.6 is 23.2 Å². The second-order valence-electron chi connectivity index (χ2n) is 4.21. The summed E-state index contributed by atoms with van der Waals surface area (Å²) in [7, 11) is 0. The summed E-state index contributed by atoms with van der Waals surface area (Å²) in [6.07, 6.45) is 0. The minimum absolute atomic E-state index is 0.160. The normalized spacial score (nSPS) is 17.9. The lowest BCUT2D eigenvalue weighted by atomic mass is 10.1. The SMILES string of the molecule is N[C@@H](CO)c1cc(Cl)c(N2CCOCC2)cc1Cl. The molecule has 1 aromatic carbocycles. The first-order valence-electron chi connectivity index (χ1n) is 5.81. The molecule has 1 atom stereocenters. The van der Waals surface area contributed by atoms with Crippen molar-refractivity contribution >= 4 is 28.9 Å². The first-order chi connectivity index (χ1) is 8.63. The third kappa shape index (κ3) is 2.90. The van der Waals surface area contributed by atoms with E-state index in [-0.39, 0.29) is 6.61 Å². The summed E-state index contributed by atoms with van der Waals surface area (Å²) in [6, 6.07) is 3.03. The van der Waals surface area contributed by atoms with Crippen LogP contribution in [-0.2, 0) is 4.74 Å².